The molecular weight excluding hydrogens is 323 g/mol. The molecule has 0 bridgehead atoms. The van der Waals surface area contributed by atoms with Crippen LogP contribution in [0.1, 0.15) is 48.0 Å². The molecule has 0 unspecified atom stereocenters. The maximum Gasteiger partial charge on any atom is 0.341 e. The fraction of sp³-hybridized carbons (Fsp3) is 1.00. The van der Waals surface area contributed by atoms with E-state index in [1.165, 1.54) is 0 Å². The molecule has 0 aliphatic rings. The van der Waals surface area contributed by atoms with Crippen LogP contribution in [0, 0.1) is 0 Å². The summed E-state index contributed by atoms with van der Waals surface area (Å²) in [5, 5.41) is 0. The summed E-state index contributed by atoms with van der Waals surface area (Å²) < 4.78 is 6.39. The Bertz CT molecular complexity index is 218. The van der Waals surface area contributed by atoms with Crippen molar-refractivity contribution in [3.05, 3.63) is 0 Å². The van der Waals surface area contributed by atoms with Gasteiger partial charge in [-0.25, -0.2) is 0 Å². The minimum Gasteiger partial charge on any atom is -0.416 e. The van der Waals surface area contributed by atoms with Gasteiger partial charge in [0.2, 0.25) is 0 Å². The number of hydrogen-bond acceptors (Lipinski definition) is 1. The van der Waals surface area contributed by atoms with E-state index in [-0.39, 0.29) is 0 Å². The number of rotatable bonds is 8. The minimum absolute atomic E-state index is 0.613. The highest BCUT2D eigenvalue weighted by Gasteiger charge is 2.44. The first-order valence-electron chi connectivity index (χ1n) is 6.74. The summed E-state index contributed by atoms with van der Waals surface area (Å²) in [5.74, 6) is 0. The Morgan fingerprint density at radius 3 is 1.50 bits per heavy atom. The van der Waals surface area contributed by atoms with E-state index < -0.39 is 14.3 Å². The third kappa shape index (κ3) is 5.72. The molecule has 0 aromatic carbocycles. The van der Waals surface area contributed by atoms with Gasteiger partial charge in [0.15, 0.2) is 8.32 Å². The maximum absolute atomic E-state index is 6.39. The molecule has 18 heavy (non-hydrogen) atoms. The molecule has 1 nitrogen and oxygen atoms in total. The van der Waals surface area contributed by atoms with Crippen LogP contribution in [0.15, 0.2) is 0 Å². The first-order chi connectivity index (χ1) is 8.04. The molecule has 0 radical (unpaired) electrons. The van der Waals surface area contributed by atoms with Gasteiger partial charge >= 0.3 is 6.00 Å². The Labute approximate surface area is 129 Å². The third-order valence-corrected chi connectivity index (χ3v) is 12.4. The van der Waals surface area contributed by atoms with Crippen LogP contribution >= 0.6 is 33.2 Å². The van der Waals surface area contributed by atoms with Gasteiger partial charge in [0.1, 0.15) is 0 Å². The first kappa shape index (κ1) is 19.3. The van der Waals surface area contributed by atoms with E-state index >= 15 is 0 Å². The second kappa shape index (κ2) is 7.89. The van der Waals surface area contributed by atoms with Crippen molar-refractivity contribution in [3.8, 4) is 0 Å². The van der Waals surface area contributed by atoms with Gasteiger partial charge in [-0.2, -0.15) is 0 Å². The Kier molecular flexibility index (Phi) is 8.45. The van der Waals surface area contributed by atoms with Crippen LogP contribution in [0.2, 0.25) is 22.7 Å². The van der Waals surface area contributed by atoms with Gasteiger partial charge in [-0.3, -0.25) is 0 Å². The molecule has 0 rings (SSSR count). The van der Waals surface area contributed by atoms with Gasteiger partial charge in [-0.05, 0) is 29.1 Å². The molecule has 0 aliphatic heterocycles. The Hall–Kier alpha value is 1.26. The molecule has 0 amide bonds. The lowest BCUT2D eigenvalue weighted by Gasteiger charge is -2.42. The highest BCUT2D eigenvalue weighted by Crippen LogP contribution is 2.42. The van der Waals surface area contributed by atoms with Crippen LogP contribution < -0.4 is 0 Å². The average Bonchev–Trinajstić information content (AvgIpc) is 2.13. The monoisotopic (exact) mass is 348 g/mol. The topological polar surface area (TPSA) is 9.23 Å². The molecule has 0 spiro atoms. The molecular formula is C12H27Cl3OSi2. The highest BCUT2D eigenvalue weighted by molar-refractivity contribution is 7.64. The highest BCUT2D eigenvalue weighted by atomic mass is 35.8. The van der Waals surface area contributed by atoms with Crippen LogP contribution in [-0.2, 0) is 4.43 Å². The predicted octanol–water partition coefficient (Wildman–Crippen LogP) is 6.22. The van der Waals surface area contributed by atoms with E-state index in [1.54, 1.807) is 0 Å². The molecule has 0 fully saturated rings. The summed E-state index contributed by atoms with van der Waals surface area (Å²) in [4.78, 5) is 0. The SMILES string of the molecule is CC(C)[Si](OCCC[Si](Cl)(Cl)Cl)(C(C)C)C(C)C. The standard InChI is InChI=1S/C12H27Cl3OSi2/c1-10(2)18(11(3)4,12(5)6)16-8-7-9-17(13,14)15/h10-12H,7-9H2,1-6H3. The summed E-state index contributed by atoms with van der Waals surface area (Å²) in [5.41, 5.74) is 1.84. The lowest BCUT2D eigenvalue weighted by molar-refractivity contribution is 0.277. The summed E-state index contributed by atoms with van der Waals surface area (Å²) in [6, 6.07) is -1.79. The Morgan fingerprint density at radius 1 is 0.833 bits per heavy atom. The fourth-order valence-electron chi connectivity index (χ4n) is 3.02. The van der Waals surface area contributed by atoms with Gasteiger partial charge < -0.3 is 4.43 Å². The number of hydrogen-bond donors (Lipinski definition) is 0. The van der Waals surface area contributed by atoms with Crippen LogP contribution in [0.25, 0.3) is 0 Å². The van der Waals surface area contributed by atoms with E-state index in [4.69, 9.17) is 37.7 Å². The molecule has 0 N–H and O–H groups in total. The molecule has 0 aromatic rings. The van der Waals surface area contributed by atoms with Gasteiger partial charge in [0.05, 0.1) is 0 Å². The molecule has 0 heterocycles. The lowest BCUT2D eigenvalue weighted by atomic mass is 10.5. The molecule has 0 saturated heterocycles. The van der Waals surface area contributed by atoms with Crippen molar-refractivity contribution in [1.82, 2.24) is 0 Å². The Morgan fingerprint density at radius 2 is 1.22 bits per heavy atom. The molecule has 110 valence electrons. The molecule has 0 aromatic heterocycles. The van der Waals surface area contributed by atoms with Gasteiger partial charge in [0, 0.05) is 6.61 Å². The smallest absolute Gasteiger partial charge is 0.341 e. The first-order valence-corrected chi connectivity index (χ1v) is 14.1. The van der Waals surface area contributed by atoms with Gasteiger partial charge in [-0.1, -0.05) is 41.5 Å². The van der Waals surface area contributed by atoms with E-state index in [9.17, 15) is 0 Å². The maximum atomic E-state index is 6.39. The van der Waals surface area contributed by atoms with Crippen molar-refractivity contribution < 1.29 is 4.43 Å². The molecule has 0 aliphatic carbocycles. The van der Waals surface area contributed by atoms with Crippen molar-refractivity contribution in [3.63, 3.8) is 0 Å². The fourth-order valence-corrected chi connectivity index (χ4v) is 10.3. The van der Waals surface area contributed by atoms with Crippen LogP contribution in [-0.4, -0.2) is 20.9 Å². The largest absolute Gasteiger partial charge is 0.416 e. The van der Waals surface area contributed by atoms with Crippen molar-refractivity contribution in [2.45, 2.75) is 70.6 Å². The van der Waals surface area contributed by atoms with E-state index in [0.29, 0.717) is 22.7 Å². The zero-order chi connectivity index (χ0) is 14.6. The van der Waals surface area contributed by atoms with Gasteiger partial charge in [-0.15, -0.1) is 33.2 Å². The minimum atomic E-state index is -2.48. The average molecular weight is 350 g/mol. The van der Waals surface area contributed by atoms with Crippen molar-refractivity contribution in [1.29, 1.82) is 0 Å². The zero-order valence-electron chi connectivity index (χ0n) is 12.4. The summed E-state index contributed by atoms with van der Waals surface area (Å²) in [6.45, 7) is 14.5. The zero-order valence-corrected chi connectivity index (χ0v) is 16.7. The summed E-state index contributed by atoms with van der Waals surface area (Å²) >= 11 is 17.7. The predicted molar refractivity (Wildman–Crippen MR) is 89.7 cm³/mol. The van der Waals surface area contributed by atoms with Crippen LogP contribution in [0.3, 0.4) is 0 Å². The third-order valence-electron chi connectivity index (χ3n) is 3.66. The van der Waals surface area contributed by atoms with E-state index in [2.05, 4.69) is 41.5 Å². The number of halogens is 3. The quantitative estimate of drug-likeness (QED) is 0.287. The molecule has 0 atom stereocenters. The molecule has 6 heteroatoms. The van der Waals surface area contributed by atoms with E-state index in [0.717, 1.165) is 13.0 Å². The molecule has 0 saturated carbocycles. The normalized spacial score (nSPS) is 14.0. The second-order valence-corrected chi connectivity index (χ2v) is 20.6. The van der Waals surface area contributed by atoms with Crippen molar-refractivity contribution >= 4 is 47.6 Å². The Balaban J connectivity index is 4.53. The van der Waals surface area contributed by atoms with Crippen LogP contribution in [0.4, 0.5) is 0 Å². The lowest BCUT2D eigenvalue weighted by Crippen LogP contribution is -2.48. The van der Waals surface area contributed by atoms with Gasteiger partial charge in [0.25, 0.3) is 0 Å². The van der Waals surface area contributed by atoms with E-state index in [1.807, 2.05) is 0 Å². The van der Waals surface area contributed by atoms with Crippen molar-refractivity contribution in [2.24, 2.45) is 0 Å². The summed E-state index contributed by atoms with van der Waals surface area (Å²) in [7, 11) is -1.74. The van der Waals surface area contributed by atoms with Crippen molar-refractivity contribution in [2.75, 3.05) is 6.61 Å². The summed E-state index contributed by atoms with van der Waals surface area (Å²) in [6.07, 6.45) is 0.865. The second-order valence-electron chi connectivity index (χ2n) is 5.88. The van der Waals surface area contributed by atoms with Crippen LogP contribution in [0.5, 0.6) is 0 Å².